The molecule has 1 atom stereocenters. The van der Waals surface area contributed by atoms with Gasteiger partial charge in [0.2, 0.25) is 0 Å². The number of phenolic OH excluding ortho intramolecular Hbond substituents is 1. The first-order valence-electron chi connectivity index (χ1n) is 7.34. The van der Waals surface area contributed by atoms with Crippen molar-refractivity contribution in [2.24, 2.45) is 5.41 Å². The average molecular weight is 298 g/mol. The summed E-state index contributed by atoms with van der Waals surface area (Å²) in [5.41, 5.74) is 2.31. The zero-order chi connectivity index (χ0) is 16.3. The van der Waals surface area contributed by atoms with Crippen LogP contribution < -0.4 is 4.74 Å². The first-order chi connectivity index (χ1) is 10.3. The SMILES string of the molecule is CC(=O)Oc1ccc(C(c2ccc(O)cc2)C(C)(C)C)cc1. The molecule has 22 heavy (non-hydrogen) atoms. The molecule has 0 spiro atoms. The van der Waals surface area contributed by atoms with Crippen LogP contribution in [0.1, 0.15) is 44.7 Å². The molecule has 0 aromatic heterocycles. The summed E-state index contributed by atoms with van der Waals surface area (Å²) in [5, 5.41) is 9.48. The summed E-state index contributed by atoms with van der Waals surface area (Å²) in [4.78, 5) is 11.0. The van der Waals surface area contributed by atoms with Gasteiger partial charge < -0.3 is 9.84 Å². The van der Waals surface area contributed by atoms with Crippen LogP contribution in [0.2, 0.25) is 0 Å². The third-order valence-corrected chi connectivity index (χ3v) is 3.57. The van der Waals surface area contributed by atoms with E-state index >= 15 is 0 Å². The van der Waals surface area contributed by atoms with Crippen molar-refractivity contribution < 1.29 is 14.6 Å². The average Bonchev–Trinajstić information content (AvgIpc) is 2.41. The van der Waals surface area contributed by atoms with Gasteiger partial charge in [-0.25, -0.2) is 0 Å². The molecule has 0 fully saturated rings. The lowest BCUT2D eigenvalue weighted by Gasteiger charge is -2.32. The number of phenols is 1. The van der Waals surface area contributed by atoms with Crippen molar-refractivity contribution in [1.82, 2.24) is 0 Å². The maximum absolute atomic E-state index is 11.0. The third kappa shape index (κ3) is 3.88. The van der Waals surface area contributed by atoms with Crippen LogP contribution in [0.4, 0.5) is 0 Å². The van der Waals surface area contributed by atoms with Gasteiger partial charge in [0, 0.05) is 12.8 Å². The third-order valence-electron chi connectivity index (χ3n) is 3.57. The maximum atomic E-state index is 11.0. The Hall–Kier alpha value is -2.29. The minimum Gasteiger partial charge on any atom is -0.508 e. The lowest BCUT2D eigenvalue weighted by molar-refractivity contribution is -0.131. The molecule has 1 N–H and O–H groups in total. The Morgan fingerprint density at radius 2 is 1.41 bits per heavy atom. The monoisotopic (exact) mass is 298 g/mol. The molecule has 0 aliphatic rings. The van der Waals surface area contributed by atoms with E-state index in [0.29, 0.717) is 5.75 Å². The van der Waals surface area contributed by atoms with Gasteiger partial charge in [0.05, 0.1) is 0 Å². The van der Waals surface area contributed by atoms with Crippen molar-refractivity contribution in [3.63, 3.8) is 0 Å². The first-order valence-corrected chi connectivity index (χ1v) is 7.34. The van der Waals surface area contributed by atoms with Crippen molar-refractivity contribution >= 4 is 5.97 Å². The fourth-order valence-corrected chi connectivity index (χ4v) is 2.75. The van der Waals surface area contributed by atoms with Crippen LogP contribution >= 0.6 is 0 Å². The van der Waals surface area contributed by atoms with E-state index in [1.807, 2.05) is 36.4 Å². The number of hydrogen-bond donors (Lipinski definition) is 1. The number of aromatic hydroxyl groups is 1. The number of hydrogen-bond acceptors (Lipinski definition) is 3. The van der Waals surface area contributed by atoms with Crippen LogP contribution in [0.5, 0.6) is 11.5 Å². The van der Waals surface area contributed by atoms with E-state index in [1.54, 1.807) is 12.1 Å². The highest BCUT2D eigenvalue weighted by molar-refractivity contribution is 5.69. The Morgan fingerprint density at radius 1 is 0.955 bits per heavy atom. The number of benzene rings is 2. The lowest BCUT2D eigenvalue weighted by atomic mass is 9.72. The Morgan fingerprint density at radius 3 is 1.82 bits per heavy atom. The summed E-state index contributed by atoms with van der Waals surface area (Å²) in [6.45, 7) is 7.95. The molecule has 0 saturated carbocycles. The van der Waals surface area contributed by atoms with Crippen LogP contribution in [0.25, 0.3) is 0 Å². The minimum atomic E-state index is -0.321. The van der Waals surface area contributed by atoms with Gasteiger partial charge in [0.15, 0.2) is 0 Å². The van der Waals surface area contributed by atoms with E-state index in [2.05, 4.69) is 20.8 Å². The molecule has 2 aromatic rings. The molecule has 116 valence electrons. The fraction of sp³-hybridized carbons (Fsp3) is 0.316. The number of rotatable bonds is 3. The Bertz CT molecular complexity index is 634. The second-order valence-corrected chi connectivity index (χ2v) is 6.55. The Balaban J connectivity index is 2.38. The predicted octanol–water partition coefficient (Wildman–Crippen LogP) is 4.50. The normalized spacial score (nSPS) is 12.7. The van der Waals surface area contributed by atoms with Gasteiger partial charge in [-0.3, -0.25) is 4.79 Å². The topological polar surface area (TPSA) is 46.5 Å². The molecule has 0 amide bonds. The summed E-state index contributed by atoms with van der Waals surface area (Å²) >= 11 is 0. The van der Waals surface area contributed by atoms with E-state index in [1.165, 1.54) is 6.92 Å². The minimum absolute atomic E-state index is 0.0138. The van der Waals surface area contributed by atoms with Crippen LogP contribution in [-0.2, 0) is 4.79 Å². The van der Waals surface area contributed by atoms with E-state index in [4.69, 9.17) is 4.74 Å². The molecule has 0 heterocycles. The highest BCUT2D eigenvalue weighted by Gasteiger charge is 2.27. The molecule has 0 radical (unpaired) electrons. The van der Waals surface area contributed by atoms with Gasteiger partial charge in [0.1, 0.15) is 11.5 Å². The van der Waals surface area contributed by atoms with Gasteiger partial charge in [-0.15, -0.1) is 0 Å². The smallest absolute Gasteiger partial charge is 0.308 e. The fourth-order valence-electron chi connectivity index (χ4n) is 2.75. The summed E-state index contributed by atoms with van der Waals surface area (Å²) in [7, 11) is 0. The van der Waals surface area contributed by atoms with E-state index in [0.717, 1.165) is 11.1 Å². The summed E-state index contributed by atoms with van der Waals surface area (Å²) < 4.78 is 5.08. The Labute approximate surface area is 131 Å². The van der Waals surface area contributed by atoms with Crippen LogP contribution in [0.3, 0.4) is 0 Å². The van der Waals surface area contributed by atoms with Crippen molar-refractivity contribution in [3.8, 4) is 11.5 Å². The quantitative estimate of drug-likeness (QED) is 0.670. The molecule has 2 aromatic carbocycles. The second-order valence-electron chi connectivity index (χ2n) is 6.55. The first kappa shape index (κ1) is 16.1. The number of ether oxygens (including phenoxy) is 1. The van der Waals surface area contributed by atoms with Crippen LogP contribution in [-0.4, -0.2) is 11.1 Å². The second kappa shape index (κ2) is 6.22. The van der Waals surface area contributed by atoms with Crippen molar-refractivity contribution in [2.45, 2.75) is 33.6 Å². The maximum Gasteiger partial charge on any atom is 0.308 e. The highest BCUT2D eigenvalue weighted by Crippen LogP contribution is 2.41. The van der Waals surface area contributed by atoms with Gasteiger partial charge in [-0.2, -0.15) is 0 Å². The molecule has 0 bridgehead atoms. The van der Waals surface area contributed by atoms with Gasteiger partial charge in [-0.05, 0) is 40.8 Å². The number of carbonyl (C=O) groups excluding carboxylic acids is 1. The highest BCUT2D eigenvalue weighted by atomic mass is 16.5. The van der Waals surface area contributed by atoms with E-state index in [9.17, 15) is 9.90 Å². The van der Waals surface area contributed by atoms with Gasteiger partial charge in [-0.1, -0.05) is 45.0 Å². The standard InChI is InChI=1S/C19H22O3/c1-13(20)22-17-11-7-15(8-12-17)18(19(2,3)4)14-5-9-16(21)10-6-14/h5-12,18,21H,1-4H3. The molecule has 3 heteroatoms. The zero-order valence-corrected chi connectivity index (χ0v) is 13.5. The van der Waals surface area contributed by atoms with Crippen molar-refractivity contribution in [1.29, 1.82) is 0 Å². The van der Waals surface area contributed by atoms with Gasteiger partial charge >= 0.3 is 5.97 Å². The van der Waals surface area contributed by atoms with Gasteiger partial charge in [0.25, 0.3) is 0 Å². The summed E-state index contributed by atoms with van der Waals surface area (Å²) in [6.07, 6.45) is 0. The van der Waals surface area contributed by atoms with E-state index in [-0.39, 0.29) is 23.1 Å². The summed E-state index contributed by atoms with van der Waals surface area (Å²) in [5.74, 6) is 0.675. The molecular formula is C19H22O3. The molecule has 0 aliphatic carbocycles. The van der Waals surface area contributed by atoms with Crippen molar-refractivity contribution in [2.75, 3.05) is 0 Å². The molecule has 1 unspecified atom stereocenters. The van der Waals surface area contributed by atoms with Crippen LogP contribution in [0.15, 0.2) is 48.5 Å². The lowest BCUT2D eigenvalue weighted by Crippen LogP contribution is -2.19. The predicted molar refractivity (Wildman–Crippen MR) is 87.2 cm³/mol. The molecular weight excluding hydrogens is 276 g/mol. The molecule has 0 saturated heterocycles. The zero-order valence-electron chi connectivity index (χ0n) is 13.5. The molecule has 2 rings (SSSR count). The summed E-state index contributed by atoms with van der Waals surface area (Å²) in [6, 6.07) is 14.9. The Kier molecular flexibility index (Phi) is 4.55. The number of esters is 1. The van der Waals surface area contributed by atoms with E-state index < -0.39 is 0 Å². The molecule has 0 aliphatic heterocycles. The molecule has 3 nitrogen and oxygen atoms in total. The van der Waals surface area contributed by atoms with Crippen molar-refractivity contribution in [3.05, 3.63) is 59.7 Å². The number of carbonyl (C=O) groups is 1. The largest absolute Gasteiger partial charge is 0.508 e. The van der Waals surface area contributed by atoms with Crippen LogP contribution in [0, 0.1) is 5.41 Å².